The summed E-state index contributed by atoms with van der Waals surface area (Å²) in [5, 5.41) is 0. The van der Waals surface area contributed by atoms with Crippen LogP contribution in [0.15, 0.2) is 29.2 Å². The molecule has 1 rings (SSSR count). The smallest absolute Gasteiger partial charge is 0.266 e. The van der Waals surface area contributed by atoms with E-state index in [0.717, 1.165) is 31.2 Å². The van der Waals surface area contributed by atoms with Crippen LogP contribution < -0.4 is 0 Å². The van der Waals surface area contributed by atoms with Crippen molar-refractivity contribution >= 4 is 10.1 Å². The van der Waals surface area contributed by atoms with Crippen molar-refractivity contribution in [2.24, 2.45) is 0 Å². The summed E-state index contributed by atoms with van der Waals surface area (Å²) in [6, 6.07) is 6.78. The van der Waals surface area contributed by atoms with Crippen LogP contribution in [0.1, 0.15) is 38.2 Å². The molecule has 0 unspecified atom stereocenters. The van der Waals surface area contributed by atoms with Crippen molar-refractivity contribution in [2.75, 3.05) is 6.61 Å². The lowest BCUT2D eigenvalue weighted by molar-refractivity contribution is 0.307. The summed E-state index contributed by atoms with van der Waals surface area (Å²) in [6.45, 7) is 4.25. The molecular weight excluding hydrogens is 236 g/mol. The second kappa shape index (κ2) is 6.77. The van der Waals surface area contributed by atoms with E-state index in [1.807, 2.05) is 13.0 Å². The van der Waals surface area contributed by atoms with Gasteiger partial charge in [-0.2, -0.15) is 8.42 Å². The first-order valence-corrected chi connectivity index (χ1v) is 7.43. The lowest BCUT2D eigenvalue weighted by Crippen LogP contribution is -2.07. The zero-order valence-corrected chi connectivity index (χ0v) is 11.3. The Bertz CT molecular complexity index is 438. The molecular formula is C13H20O3S. The van der Waals surface area contributed by atoms with Gasteiger partial charge in [-0.1, -0.05) is 38.3 Å². The minimum atomic E-state index is -3.57. The zero-order chi connectivity index (χ0) is 12.7. The van der Waals surface area contributed by atoms with Gasteiger partial charge in [-0.15, -0.1) is 0 Å². The van der Waals surface area contributed by atoms with E-state index in [4.69, 9.17) is 4.18 Å². The van der Waals surface area contributed by atoms with E-state index < -0.39 is 10.1 Å². The molecule has 0 aliphatic heterocycles. The monoisotopic (exact) mass is 256 g/mol. The Morgan fingerprint density at radius 2 is 1.94 bits per heavy atom. The SMILES string of the molecule is CCCCCCOS(=O)(=O)c1cccc(C)c1. The maximum Gasteiger partial charge on any atom is 0.296 e. The predicted molar refractivity (Wildman–Crippen MR) is 68.5 cm³/mol. The van der Waals surface area contributed by atoms with Gasteiger partial charge in [-0.3, -0.25) is 4.18 Å². The van der Waals surface area contributed by atoms with E-state index in [2.05, 4.69) is 6.92 Å². The standard InChI is InChI=1S/C13H20O3S/c1-3-4-5-6-10-16-17(14,15)13-9-7-8-12(2)11-13/h7-9,11H,3-6,10H2,1-2H3. The van der Waals surface area contributed by atoms with E-state index >= 15 is 0 Å². The van der Waals surface area contributed by atoms with Gasteiger partial charge in [0.15, 0.2) is 0 Å². The zero-order valence-electron chi connectivity index (χ0n) is 10.5. The minimum absolute atomic E-state index is 0.244. The number of hydrogen-bond acceptors (Lipinski definition) is 3. The summed E-state index contributed by atoms with van der Waals surface area (Å²) in [7, 11) is -3.57. The van der Waals surface area contributed by atoms with Gasteiger partial charge in [0, 0.05) is 0 Å². The number of unbranched alkanes of at least 4 members (excludes halogenated alkanes) is 3. The molecule has 0 saturated heterocycles. The lowest BCUT2D eigenvalue weighted by Gasteiger charge is -2.06. The highest BCUT2D eigenvalue weighted by molar-refractivity contribution is 7.86. The van der Waals surface area contributed by atoms with Crippen molar-refractivity contribution in [3.63, 3.8) is 0 Å². The van der Waals surface area contributed by atoms with Gasteiger partial charge in [0.05, 0.1) is 11.5 Å². The van der Waals surface area contributed by atoms with Gasteiger partial charge in [-0.05, 0) is 31.0 Å². The van der Waals surface area contributed by atoms with Gasteiger partial charge in [-0.25, -0.2) is 0 Å². The van der Waals surface area contributed by atoms with Crippen LogP contribution in [0, 0.1) is 6.92 Å². The minimum Gasteiger partial charge on any atom is -0.266 e. The third-order valence-electron chi connectivity index (χ3n) is 2.51. The van der Waals surface area contributed by atoms with Crippen LogP contribution in [0.25, 0.3) is 0 Å². The molecule has 4 heteroatoms. The molecule has 0 amide bonds. The van der Waals surface area contributed by atoms with Gasteiger partial charge in [0.25, 0.3) is 10.1 Å². The van der Waals surface area contributed by atoms with Crippen LogP contribution in [-0.2, 0) is 14.3 Å². The summed E-state index contributed by atoms with van der Waals surface area (Å²) in [5.74, 6) is 0. The molecule has 0 aromatic heterocycles. The van der Waals surface area contributed by atoms with Gasteiger partial charge in [0.1, 0.15) is 0 Å². The van der Waals surface area contributed by atoms with E-state index in [1.54, 1.807) is 18.2 Å². The van der Waals surface area contributed by atoms with Crippen LogP contribution in [0.4, 0.5) is 0 Å². The Labute approximate surface area is 104 Å². The Kier molecular flexibility index (Phi) is 5.65. The Balaban J connectivity index is 2.51. The molecule has 0 aliphatic carbocycles. The van der Waals surface area contributed by atoms with E-state index in [-0.39, 0.29) is 11.5 Å². The first-order valence-electron chi connectivity index (χ1n) is 6.02. The summed E-state index contributed by atoms with van der Waals surface area (Å²) >= 11 is 0. The fourth-order valence-electron chi connectivity index (χ4n) is 1.54. The molecule has 96 valence electrons. The number of hydrogen-bond donors (Lipinski definition) is 0. The Morgan fingerprint density at radius 1 is 1.18 bits per heavy atom. The molecule has 0 heterocycles. The third-order valence-corrected chi connectivity index (χ3v) is 3.82. The fourth-order valence-corrected chi connectivity index (χ4v) is 2.59. The first kappa shape index (κ1) is 14.2. The second-order valence-electron chi connectivity index (χ2n) is 4.15. The van der Waals surface area contributed by atoms with Gasteiger partial charge >= 0.3 is 0 Å². The molecule has 1 aromatic rings. The molecule has 0 atom stereocenters. The predicted octanol–water partition coefficient (Wildman–Crippen LogP) is 3.28. The van der Waals surface area contributed by atoms with Crippen LogP contribution in [0.2, 0.25) is 0 Å². The third kappa shape index (κ3) is 4.88. The van der Waals surface area contributed by atoms with Gasteiger partial charge in [0.2, 0.25) is 0 Å². The molecule has 3 nitrogen and oxygen atoms in total. The Hall–Kier alpha value is -0.870. The number of rotatable bonds is 7. The van der Waals surface area contributed by atoms with Crippen LogP contribution in [-0.4, -0.2) is 15.0 Å². The average molecular weight is 256 g/mol. The molecule has 0 aliphatic rings. The summed E-state index contributed by atoms with van der Waals surface area (Å²) in [5.41, 5.74) is 0.917. The normalized spacial score (nSPS) is 11.6. The second-order valence-corrected chi connectivity index (χ2v) is 5.77. The number of benzene rings is 1. The summed E-state index contributed by atoms with van der Waals surface area (Å²) in [4.78, 5) is 0.244. The topological polar surface area (TPSA) is 43.4 Å². The molecule has 1 aromatic carbocycles. The largest absolute Gasteiger partial charge is 0.296 e. The van der Waals surface area contributed by atoms with Crippen molar-refractivity contribution < 1.29 is 12.6 Å². The van der Waals surface area contributed by atoms with Gasteiger partial charge < -0.3 is 0 Å². The van der Waals surface area contributed by atoms with Crippen molar-refractivity contribution in [3.05, 3.63) is 29.8 Å². The van der Waals surface area contributed by atoms with E-state index in [1.165, 1.54) is 0 Å². The molecule has 0 saturated carbocycles. The van der Waals surface area contributed by atoms with Crippen LogP contribution >= 0.6 is 0 Å². The molecule has 17 heavy (non-hydrogen) atoms. The number of aryl methyl sites for hydroxylation is 1. The molecule has 0 radical (unpaired) electrons. The maximum absolute atomic E-state index is 11.8. The summed E-state index contributed by atoms with van der Waals surface area (Å²) in [6.07, 6.45) is 4.05. The Morgan fingerprint density at radius 3 is 2.59 bits per heavy atom. The molecule has 0 fully saturated rings. The molecule has 0 bridgehead atoms. The van der Waals surface area contributed by atoms with E-state index in [0.29, 0.717) is 0 Å². The highest BCUT2D eigenvalue weighted by atomic mass is 32.2. The average Bonchev–Trinajstić information content (AvgIpc) is 2.29. The lowest BCUT2D eigenvalue weighted by atomic mass is 10.2. The summed E-state index contributed by atoms with van der Waals surface area (Å²) < 4.78 is 28.6. The van der Waals surface area contributed by atoms with Crippen LogP contribution in [0.5, 0.6) is 0 Å². The quantitative estimate of drug-likeness (QED) is 0.555. The fraction of sp³-hybridized carbons (Fsp3) is 0.538. The molecule has 0 N–H and O–H groups in total. The van der Waals surface area contributed by atoms with E-state index in [9.17, 15) is 8.42 Å². The van der Waals surface area contributed by atoms with Crippen molar-refractivity contribution in [1.29, 1.82) is 0 Å². The first-order chi connectivity index (χ1) is 8.06. The molecule has 0 spiro atoms. The maximum atomic E-state index is 11.8. The highest BCUT2D eigenvalue weighted by Crippen LogP contribution is 2.14. The van der Waals surface area contributed by atoms with Crippen molar-refractivity contribution in [1.82, 2.24) is 0 Å². The van der Waals surface area contributed by atoms with Crippen molar-refractivity contribution in [3.8, 4) is 0 Å². The van der Waals surface area contributed by atoms with Crippen molar-refractivity contribution in [2.45, 2.75) is 44.4 Å². The highest BCUT2D eigenvalue weighted by Gasteiger charge is 2.14. The van der Waals surface area contributed by atoms with Crippen LogP contribution in [0.3, 0.4) is 0 Å².